The van der Waals surface area contributed by atoms with Gasteiger partial charge in [0.05, 0.1) is 5.69 Å². The van der Waals surface area contributed by atoms with Crippen molar-refractivity contribution in [3.05, 3.63) is 52.4 Å². The van der Waals surface area contributed by atoms with Crippen LogP contribution in [0, 0.1) is 13.8 Å². The number of hydrogen-bond acceptors (Lipinski definition) is 4. The standard InChI is InChI=1S/C20H27N3O3/c1-5-23(6-2)20(25)17-9-7-16(8-10-17)13-21-19(24)12-11-18-14(3)22-26-15(18)4/h7-10H,5-6,11-13H2,1-4H3,(H,21,24). The van der Waals surface area contributed by atoms with Crippen LogP contribution >= 0.6 is 0 Å². The van der Waals surface area contributed by atoms with Gasteiger partial charge in [0.15, 0.2) is 0 Å². The zero-order valence-corrected chi connectivity index (χ0v) is 16.0. The highest BCUT2D eigenvalue weighted by Crippen LogP contribution is 2.14. The predicted molar refractivity (Wildman–Crippen MR) is 99.8 cm³/mol. The van der Waals surface area contributed by atoms with Crippen molar-refractivity contribution >= 4 is 11.8 Å². The van der Waals surface area contributed by atoms with Gasteiger partial charge in [-0.05, 0) is 51.8 Å². The van der Waals surface area contributed by atoms with E-state index in [-0.39, 0.29) is 11.8 Å². The highest BCUT2D eigenvalue weighted by atomic mass is 16.5. The summed E-state index contributed by atoms with van der Waals surface area (Å²) in [5, 5.41) is 6.81. The number of aryl methyl sites for hydroxylation is 2. The molecule has 0 bridgehead atoms. The zero-order valence-electron chi connectivity index (χ0n) is 16.0. The fraction of sp³-hybridized carbons (Fsp3) is 0.450. The van der Waals surface area contributed by atoms with Crippen molar-refractivity contribution in [2.75, 3.05) is 13.1 Å². The molecule has 0 spiro atoms. The number of benzene rings is 1. The minimum atomic E-state index is -0.0201. The Morgan fingerprint density at radius 3 is 2.31 bits per heavy atom. The van der Waals surface area contributed by atoms with E-state index in [0.29, 0.717) is 38.0 Å². The van der Waals surface area contributed by atoms with Crippen LogP contribution in [0.4, 0.5) is 0 Å². The van der Waals surface area contributed by atoms with Gasteiger partial charge >= 0.3 is 0 Å². The maximum absolute atomic E-state index is 12.3. The molecule has 26 heavy (non-hydrogen) atoms. The molecule has 6 nitrogen and oxygen atoms in total. The molecule has 2 aromatic rings. The Bertz CT molecular complexity index is 727. The van der Waals surface area contributed by atoms with Crippen LogP contribution in [0.25, 0.3) is 0 Å². The number of hydrogen-bond donors (Lipinski definition) is 1. The third-order valence-electron chi connectivity index (χ3n) is 4.52. The topological polar surface area (TPSA) is 75.4 Å². The van der Waals surface area contributed by atoms with Gasteiger partial charge in [-0.15, -0.1) is 0 Å². The van der Waals surface area contributed by atoms with Crippen molar-refractivity contribution < 1.29 is 14.1 Å². The first-order valence-corrected chi connectivity index (χ1v) is 9.02. The summed E-state index contributed by atoms with van der Waals surface area (Å²) in [6.45, 7) is 9.50. The van der Waals surface area contributed by atoms with Gasteiger partial charge in [0.2, 0.25) is 5.91 Å². The van der Waals surface area contributed by atoms with Crippen molar-refractivity contribution in [2.24, 2.45) is 0 Å². The van der Waals surface area contributed by atoms with Crippen molar-refractivity contribution in [2.45, 2.75) is 47.1 Å². The largest absolute Gasteiger partial charge is 0.361 e. The van der Waals surface area contributed by atoms with E-state index in [1.807, 2.05) is 52.0 Å². The summed E-state index contributed by atoms with van der Waals surface area (Å²) >= 11 is 0. The van der Waals surface area contributed by atoms with Gasteiger partial charge in [-0.1, -0.05) is 17.3 Å². The van der Waals surface area contributed by atoms with Gasteiger partial charge < -0.3 is 14.7 Å². The van der Waals surface area contributed by atoms with Crippen LogP contribution in [0.3, 0.4) is 0 Å². The van der Waals surface area contributed by atoms with E-state index in [4.69, 9.17) is 4.52 Å². The summed E-state index contributed by atoms with van der Waals surface area (Å²) in [7, 11) is 0. The van der Waals surface area contributed by atoms with E-state index in [9.17, 15) is 9.59 Å². The smallest absolute Gasteiger partial charge is 0.253 e. The van der Waals surface area contributed by atoms with Gasteiger partial charge in [0.25, 0.3) is 5.91 Å². The number of nitrogens with one attached hydrogen (secondary N) is 1. The van der Waals surface area contributed by atoms with E-state index in [2.05, 4.69) is 10.5 Å². The lowest BCUT2D eigenvalue weighted by Gasteiger charge is -2.18. The zero-order chi connectivity index (χ0) is 19.1. The summed E-state index contributed by atoms with van der Waals surface area (Å²) in [4.78, 5) is 26.1. The first-order valence-electron chi connectivity index (χ1n) is 9.02. The highest BCUT2D eigenvalue weighted by Gasteiger charge is 2.13. The monoisotopic (exact) mass is 357 g/mol. The maximum atomic E-state index is 12.3. The molecule has 140 valence electrons. The number of carbonyl (C=O) groups excluding carboxylic acids is 2. The third kappa shape index (κ3) is 4.94. The van der Waals surface area contributed by atoms with Crippen LogP contribution in [0.2, 0.25) is 0 Å². The molecule has 2 amide bonds. The third-order valence-corrected chi connectivity index (χ3v) is 4.52. The highest BCUT2D eigenvalue weighted by molar-refractivity contribution is 5.94. The molecule has 1 N–H and O–H groups in total. The Labute approximate surface area is 154 Å². The molecule has 0 atom stereocenters. The van der Waals surface area contributed by atoms with Gasteiger partial charge in [0.1, 0.15) is 5.76 Å². The molecule has 6 heteroatoms. The molecule has 0 aliphatic carbocycles. The molecular formula is C20H27N3O3. The summed E-state index contributed by atoms with van der Waals surface area (Å²) in [6.07, 6.45) is 1.01. The number of aromatic nitrogens is 1. The Morgan fingerprint density at radius 2 is 1.77 bits per heavy atom. The average Bonchev–Trinajstić information content (AvgIpc) is 2.97. The number of carbonyl (C=O) groups is 2. The minimum Gasteiger partial charge on any atom is -0.361 e. The van der Waals surface area contributed by atoms with Gasteiger partial charge in [-0.3, -0.25) is 9.59 Å². The lowest BCUT2D eigenvalue weighted by molar-refractivity contribution is -0.121. The molecule has 0 saturated heterocycles. The molecule has 0 radical (unpaired) electrons. The van der Waals surface area contributed by atoms with Crippen molar-refractivity contribution in [1.29, 1.82) is 0 Å². The lowest BCUT2D eigenvalue weighted by Crippen LogP contribution is -2.30. The molecule has 1 aromatic carbocycles. The Hall–Kier alpha value is -2.63. The molecule has 0 aliphatic rings. The van der Waals surface area contributed by atoms with E-state index in [1.54, 1.807) is 4.90 Å². The quantitative estimate of drug-likeness (QED) is 0.788. The maximum Gasteiger partial charge on any atom is 0.253 e. The molecule has 0 fully saturated rings. The van der Waals surface area contributed by atoms with Crippen LogP contribution < -0.4 is 5.32 Å². The van der Waals surface area contributed by atoms with Crippen LogP contribution in [0.5, 0.6) is 0 Å². The van der Waals surface area contributed by atoms with E-state index in [0.717, 1.165) is 22.6 Å². The first-order chi connectivity index (χ1) is 12.5. The SMILES string of the molecule is CCN(CC)C(=O)c1ccc(CNC(=O)CCc2c(C)noc2C)cc1. The Kier molecular flexibility index (Phi) is 6.95. The van der Waals surface area contributed by atoms with Crippen LogP contribution in [0.1, 0.15) is 53.2 Å². The predicted octanol–water partition coefficient (Wildman–Crippen LogP) is 3.02. The van der Waals surface area contributed by atoms with Crippen molar-refractivity contribution in [3.63, 3.8) is 0 Å². The van der Waals surface area contributed by atoms with E-state index >= 15 is 0 Å². The summed E-state index contributed by atoms with van der Waals surface area (Å²) in [5.74, 6) is 0.780. The van der Waals surface area contributed by atoms with E-state index < -0.39 is 0 Å². The van der Waals surface area contributed by atoms with Crippen molar-refractivity contribution in [3.8, 4) is 0 Å². The molecule has 1 heterocycles. The Balaban J connectivity index is 1.84. The van der Waals surface area contributed by atoms with Crippen LogP contribution in [-0.4, -0.2) is 35.0 Å². The molecular weight excluding hydrogens is 330 g/mol. The second kappa shape index (κ2) is 9.17. The van der Waals surface area contributed by atoms with Crippen LogP contribution in [-0.2, 0) is 17.8 Å². The summed E-state index contributed by atoms with van der Waals surface area (Å²) < 4.78 is 5.11. The minimum absolute atomic E-state index is 0.0201. The van der Waals surface area contributed by atoms with Gasteiger partial charge in [-0.2, -0.15) is 0 Å². The van der Waals surface area contributed by atoms with E-state index in [1.165, 1.54) is 0 Å². The van der Waals surface area contributed by atoms with Crippen molar-refractivity contribution in [1.82, 2.24) is 15.4 Å². The molecule has 2 rings (SSSR count). The second-order valence-corrected chi connectivity index (χ2v) is 6.25. The first kappa shape index (κ1) is 19.7. The lowest BCUT2D eigenvalue weighted by atomic mass is 10.1. The molecule has 0 saturated carbocycles. The summed E-state index contributed by atoms with van der Waals surface area (Å²) in [5.41, 5.74) is 3.47. The molecule has 1 aromatic heterocycles. The van der Waals surface area contributed by atoms with Gasteiger partial charge in [0, 0.05) is 37.2 Å². The number of nitrogens with zero attached hydrogens (tertiary/aromatic N) is 2. The fourth-order valence-electron chi connectivity index (χ4n) is 2.84. The average molecular weight is 357 g/mol. The molecule has 0 aliphatic heterocycles. The molecule has 0 unspecified atom stereocenters. The fourth-order valence-corrected chi connectivity index (χ4v) is 2.84. The number of rotatable bonds is 8. The normalized spacial score (nSPS) is 10.6. The second-order valence-electron chi connectivity index (χ2n) is 6.25. The summed E-state index contributed by atoms with van der Waals surface area (Å²) in [6, 6.07) is 7.38. The number of amides is 2. The van der Waals surface area contributed by atoms with Crippen LogP contribution in [0.15, 0.2) is 28.8 Å². The Morgan fingerprint density at radius 1 is 1.12 bits per heavy atom. The van der Waals surface area contributed by atoms with Gasteiger partial charge in [-0.25, -0.2) is 0 Å².